The Morgan fingerprint density at radius 2 is 0.843 bits per heavy atom. The number of benzene rings is 5. The Kier molecular flexibility index (Phi) is 11.4. The number of fused-ring (bicyclic) bond motifs is 4. The van der Waals surface area contributed by atoms with E-state index < -0.39 is 0 Å². The van der Waals surface area contributed by atoms with Crippen LogP contribution in [0, 0.1) is 0 Å². The smallest absolute Gasteiger partial charge is 0.0973 e. The number of rotatable bonds is 17. The third-order valence-corrected chi connectivity index (χ3v) is 11.3. The molecule has 0 aliphatic heterocycles. The average Bonchev–Trinajstić information content (AvgIpc) is 3.44. The first kappa shape index (κ1) is 34.9. The topological polar surface area (TPSA) is 25.8 Å². The second-order valence-electron chi connectivity index (χ2n) is 14.8. The molecule has 1 aliphatic rings. The molecule has 1 heterocycles. The molecule has 0 amide bonds. The molecule has 0 radical (unpaired) electrons. The van der Waals surface area contributed by atoms with Crippen molar-refractivity contribution < 1.29 is 0 Å². The summed E-state index contributed by atoms with van der Waals surface area (Å²) in [5, 5.41) is 0. The third kappa shape index (κ3) is 7.57. The second-order valence-corrected chi connectivity index (χ2v) is 14.8. The van der Waals surface area contributed by atoms with Gasteiger partial charge in [0.05, 0.1) is 22.4 Å². The van der Waals surface area contributed by atoms with Gasteiger partial charge in [-0.1, -0.05) is 194 Å². The normalized spacial score (nSPS) is 13.0. The Morgan fingerprint density at radius 1 is 0.392 bits per heavy atom. The van der Waals surface area contributed by atoms with Crippen molar-refractivity contribution in [2.24, 2.45) is 0 Å². The molecule has 2 heteroatoms. The molecule has 0 N–H and O–H groups in total. The molecule has 0 saturated carbocycles. The van der Waals surface area contributed by atoms with Crippen molar-refractivity contribution in [3.05, 3.63) is 132 Å². The maximum Gasteiger partial charge on any atom is 0.0973 e. The summed E-state index contributed by atoms with van der Waals surface area (Å²) in [5.41, 5.74) is 14.4. The SMILES string of the molecule is CCCCCCCCC1(CCCCCCCC)c2cc(-c3ccccc3)ccc2-c2cc3nc(-c4ccccc4)c(-c4ccccc4)nc3cc21. The highest BCUT2D eigenvalue weighted by molar-refractivity contribution is 5.94. The largest absolute Gasteiger partial charge is 0.244 e. The Bertz CT molecular complexity index is 2000. The summed E-state index contributed by atoms with van der Waals surface area (Å²) in [4.78, 5) is 10.9. The van der Waals surface area contributed by atoms with Crippen molar-refractivity contribution in [3.8, 4) is 44.8 Å². The zero-order valence-electron chi connectivity index (χ0n) is 30.8. The molecule has 0 spiro atoms. The molecule has 0 saturated heterocycles. The van der Waals surface area contributed by atoms with Crippen LogP contribution in [0.3, 0.4) is 0 Å². The van der Waals surface area contributed by atoms with Crippen molar-refractivity contribution in [1.29, 1.82) is 0 Å². The van der Waals surface area contributed by atoms with Crippen LogP contribution in [0.15, 0.2) is 121 Å². The van der Waals surface area contributed by atoms with Crippen LogP contribution >= 0.6 is 0 Å². The van der Waals surface area contributed by atoms with Crippen LogP contribution < -0.4 is 0 Å². The highest BCUT2D eigenvalue weighted by Crippen LogP contribution is 2.56. The van der Waals surface area contributed by atoms with Gasteiger partial charge in [-0.15, -0.1) is 0 Å². The van der Waals surface area contributed by atoms with E-state index in [9.17, 15) is 0 Å². The lowest BCUT2D eigenvalue weighted by Gasteiger charge is -2.33. The highest BCUT2D eigenvalue weighted by atomic mass is 14.8. The molecule has 51 heavy (non-hydrogen) atoms. The predicted octanol–water partition coefficient (Wildman–Crippen LogP) is 14.4. The van der Waals surface area contributed by atoms with Crippen LogP contribution in [-0.2, 0) is 5.41 Å². The van der Waals surface area contributed by atoms with Gasteiger partial charge in [0.25, 0.3) is 0 Å². The maximum absolute atomic E-state index is 5.49. The van der Waals surface area contributed by atoms with E-state index in [4.69, 9.17) is 9.97 Å². The molecule has 5 aromatic carbocycles. The quantitative estimate of drug-likeness (QED) is 0.0903. The Morgan fingerprint density at radius 3 is 1.37 bits per heavy atom. The van der Waals surface area contributed by atoms with E-state index in [1.807, 2.05) is 0 Å². The van der Waals surface area contributed by atoms with E-state index in [-0.39, 0.29) is 5.41 Å². The summed E-state index contributed by atoms with van der Waals surface area (Å²) in [6.07, 6.45) is 18.1. The van der Waals surface area contributed by atoms with Gasteiger partial charge in [0.1, 0.15) is 0 Å². The van der Waals surface area contributed by atoms with Crippen molar-refractivity contribution >= 4 is 11.0 Å². The number of aromatic nitrogens is 2. The van der Waals surface area contributed by atoms with E-state index in [1.165, 1.54) is 123 Å². The van der Waals surface area contributed by atoms with Gasteiger partial charge in [0.2, 0.25) is 0 Å². The minimum Gasteiger partial charge on any atom is -0.244 e. The van der Waals surface area contributed by atoms with Gasteiger partial charge in [-0.2, -0.15) is 0 Å². The lowest BCUT2D eigenvalue weighted by molar-refractivity contribution is 0.398. The van der Waals surface area contributed by atoms with Gasteiger partial charge in [0.15, 0.2) is 0 Å². The minimum absolute atomic E-state index is 0.0359. The lowest BCUT2D eigenvalue weighted by Crippen LogP contribution is -2.25. The van der Waals surface area contributed by atoms with Crippen LogP contribution in [0.2, 0.25) is 0 Å². The number of hydrogen-bond donors (Lipinski definition) is 0. The van der Waals surface area contributed by atoms with Gasteiger partial charge >= 0.3 is 0 Å². The van der Waals surface area contributed by atoms with E-state index in [0.29, 0.717) is 0 Å². The molecule has 260 valence electrons. The second kappa shape index (κ2) is 16.6. The summed E-state index contributed by atoms with van der Waals surface area (Å²) in [5.74, 6) is 0. The van der Waals surface area contributed by atoms with Crippen LogP contribution in [0.4, 0.5) is 0 Å². The first-order valence-electron chi connectivity index (χ1n) is 19.9. The fourth-order valence-electron chi connectivity index (χ4n) is 8.52. The summed E-state index contributed by atoms with van der Waals surface area (Å²) in [6.45, 7) is 4.62. The van der Waals surface area contributed by atoms with Crippen molar-refractivity contribution in [1.82, 2.24) is 9.97 Å². The fraction of sp³-hybridized carbons (Fsp3) is 0.347. The van der Waals surface area contributed by atoms with Crippen molar-refractivity contribution in [3.63, 3.8) is 0 Å². The van der Waals surface area contributed by atoms with E-state index in [1.54, 1.807) is 0 Å². The first-order valence-corrected chi connectivity index (χ1v) is 19.9. The summed E-state index contributed by atoms with van der Waals surface area (Å²) >= 11 is 0. The predicted molar refractivity (Wildman–Crippen MR) is 218 cm³/mol. The number of hydrogen-bond acceptors (Lipinski definition) is 2. The molecular weight excluding hydrogens is 617 g/mol. The zero-order chi connectivity index (χ0) is 34.9. The Hall–Kier alpha value is -4.56. The van der Waals surface area contributed by atoms with Crippen LogP contribution in [0.25, 0.3) is 55.8 Å². The molecular formula is C49H54N2. The molecule has 0 fully saturated rings. The first-order chi connectivity index (χ1) is 25.2. The van der Waals surface area contributed by atoms with Gasteiger partial charge in [-0.05, 0) is 64.4 Å². The van der Waals surface area contributed by atoms with Gasteiger partial charge in [-0.3, -0.25) is 0 Å². The molecule has 1 aromatic heterocycles. The standard InChI is InChI=1S/C49H54N2/c1-3-5-7-9-11-22-32-49(33-23-12-10-8-6-4-2)43-34-40(37-24-16-13-17-25-37)30-31-41(43)42-35-45-46(36-44(42)49)51-48(39-28-20-15-21-29-39)47(50-45)38-26-18-14-19-27-38/h13-21,24-31,34-36H,3-12,22-23,32-33H2,1-2H3. The molecule has 2 nitrogen and oxygen atoms in total. The van der Waals surface area contributed by atoms with Crippen molar-refractivity contribution in [2.45, 2.75) is 109 Å². The van der Waals surface area contributed by atoms with Gasteiger partial charge in [0, 0.05) is 16.5 Å². The lowest BCUT2D eigenvalue weighted by atomic mass is 9.70. The number of unbranched alkanes of at least 4 members (excludes halogenated alkanes) is 10. The maximum atomic E-state index is 5.49. The third-order valence-electron chi connectivity index (χ3n) is 11.3. The monoisotopic (exact) mass is 670 g/mol. The molecule has 7 rings (SSSR count). The average molecular weight is 671 g/mol. The van der Waals surface area contributed by atoms with Crippen LogP contribution in [0.1, 0.15) is 115 Å². The van der Waals surface area contributed by atoms with Gasteiger partial charge < -0.3 is 0 Å². The van der Waals surface area contributed by atoms with E-state index in [2.05, 4.69) is 135 Å². The number of nitrogens with zero attached hydrogens (tertiary/aromatic N) is 2. The van der Waals surface area contributed by atoms with Crippen molar-refractivity contribution in [2.75, 3.05) is 0 Å². The zero-order valence-corrected chi connectivity index (χ0v) is 30.8. The Balaban J connectivity index is 1.39. The van der Waals surface area contributed by atoms with E-state index in [0.717, 1.165) is 33.5 Å². The van der Waals surface area contributed by atoms with Crippen LogP contribution in [0.5, 0.6) is 0 Å². The molecule has 0 bridgehead atoms. The molecule has 0 atom stereocenters. The molecule has 0 unspecified atom stereocenters. The highest BCUT2D eigenvalue weighted by Gasteiger charge is 2.43. The minimum atomic E-state index is -0.0359. The summed E-state index contributed by atoms with van der Waals surface area (Å²) in [6, 6.07) is 44.3. The summed E-state index contributed by atoms with van der Waals surface area (Å²) in [7, 11) is 0. The van der Waals surface area contributed by atoms with Gasteiger partial charge in [-0.25, -0.2) is 9.97 Å². The fourth-order valence-corrected chi connectivity index (χ4v) is 8.52. The van der Waals surface area contributed by atoms with Crippen LogP contribution in [-0.4, -0.2) is 9.97 Å². The summed E-state index contributed by atoms with van der Waals surface area (Å²) < 4.78 is 0. The van der Waals surface area contributed by atoms with E-state index >= 15 is 0 Å². The molecule has 1 aliphatic carbocycles. The Labute approximate surface area is 306 Å². The molecule has 6 aromatic rings.